The molecule has 1 aromatic rings. The Morgan fingerprint density at radius 3 is 2.86 bits per heavy atom. The van der Waals surface area contributed by atoms with E-state index in [1.165, 1.54) is 6.07 Å². The number of carboxylic acid groups (broad SMARTS) is 1. The second kappa shape index (κ2) is 7.22. The number of amides is 1. The summed E-state index contributed by atoms with van der Waals surface area (Å²) in [5.41, 5.74) is 1.02. The quantitative estimate of drug-likeness (QED) is 0.843. The highest BCUT2D eigenvalue weighted by molar-refractivity contribution is 5.87. The van der Waals surface area contributed by atoms with Gasteiger partial charge in [0.05, 0.1) is 17.8 Å². The highest BCUT2D eigenvalue weighted by Gasteiger charge is 2.22. The number of benzene rings is 1. The zero-order chi connectivity index (χ0) is 15.2. The molecular weight excluding hydrogens is 270 g/mol. The number of aromatic carboxylic acids is 1. The van der Waals surface area contributed by atoms with Crippen molar-refractivity contribution in [3.05, 3.63) is 35.4 Å². The van der Waals surface area contributed by atoms with Crippen LogP contribution in [0.25, 0.3) is 0 Å². The van der Waals surface area contributed by atoms with Crippen molar-refractivity contribution >= 4 is 11.9 Å². The summed E-state index contributed by atoms with van der Waals surface area (Å²) in [7, 11) is 0. The lowest BCUT2D eigenvalue weighted by Crippen LogP contribution is -2.24. The number of hydrogen-bond acceptors (Lipinski definition) is 3. The van der Waals surface area contributed by atoms with Crippen LogP contribution in [0.15, 0.2) is 24.3 Å². The van der Waals surface area contributed by atoms with Crippen molar-refractivity contribution in [3.8, 4) is 0 Å². The Labute approximate surface area is 124 Å². The van der Waals surface area contributed by atoms with Crippen LogP contribution in [0.1, 0.15) is 48.5 Å². The topological polar surface area (TPSA) is 75.6 Å². The fourth-order valence-electron chi connectivity index (χ4n) is 2.49. The van der Waals surface area contributed by atoms with E-state index in [0.717, 1.165) is 24.8 Å². The molecule has 1 saturated heterocycles. The maximum absolute atomic E-state index is 11.8. The molecule has 1 aliphatic heterocycles. The average Bonchev–Trinajstić information content (AvgIpc) is 2.89. The number of carbonyl (C=O) groups excluding carboxylic acids is 1. The first-order chi connectivity index (χ1) is 10.0. The van der Waals surface area contributed by atoms with Crippen molar-refractivity contribution in [1.82, 2.24) is 5.32 Å². The molecule has 2 N–H and O–H groups in total. The van der Waals surface area contributed by atoms with Crippen LogP contribution in [0.4, 0.5) is 0 Å². The van der Waals surface area contributed by atoms with E-state index < -0.39 is 5.97 Å². The van der Waals surface area contributed by atoms with Gasteiger partial charge in [0, 0.05) is 13.0 Å². The van der Waals surface area contributed by atoms with Crippen LogP contribution in [0.2, 0.25) is 0 Å². The zero-order valence-electron chi connectivity index (χ0n) is 12.2. The van der Waals surface area contributed by atoms with Gasteiger partial charge in [-0.1, -0.05) is 12.1 Å². The second-order valence-electron chi connectivity index (χ2n) is 5.47. The summed E-state index contributed by atoms with van der Waals surface area (Å²) in [6.45, 7) is 2.40. The number of carboxylic acids is 1. The first-order valence-corrected chi connectivity index (χ1v) is 7.29. The van der Waals surface area contributed by atoms with Crippen LogP contribution in [0.5, 0.6) is 0 Å². The summed E-state index contributed by atoms with van der Waals surface area (Å²) in [5, 5.41) is 11.7. The highest BCUT2D eigenvalue weighted by atomic mass is 16.5. The third kappa shape index (κ3) is 4.86. The molecule has 1 aliphatic rings. The Bertz CT molecular complexity index is 515. The molecular formula is C16H21NO4. The Morgan fingerprint density at radius 2 is 2.19 bits per heavy atom. The summed E-state index contributed by atoms with van der Waals surface area (Å²) in [6.07, 6.45) is 3.77. The summed E-state index contributed by atoms with van der Waals surface area (Å²) in [4.78, 5) is 22.7. The van der Waals surface area contributed by atoms with E-state index in [1.54, 1.807) is 18.2 Å². The van der Waals surface area contributed by atoms with E-state index in [-0.39, 0.29) is 17.6 Å². The van der Waals surface area contributed by atoms with Gasteiger partial charge in [0.2, 0.25) is 5.91 Å². The predicted octanol–water partition coefficient (Wildman–Crippen LogP) is 2.35. The van der Waals surface area contributed by atoms with Crippen molar-refractivity contribution in [3.63, 3.8) is 0 Å². The first kappa shape index (κ1) is 15.5. The second-order valence-corrected chi connectivity index (χ2v) is 5.47. The van der Waals surface area contributed by atoms with Crippen molar-refractivity contribution in [1.29, 1.82) is 0 Å². The van der Waals surface area contributed by atoms with Crippen molar-refractivity contribution < 1.29 is 19.4 Å². The summed E-state index contributed by atoms with van der Waals surface area (Å²) < 4.78 is 5.67. The monoisotopic (exact) mass is 291 g/mol. The first-order valence-electron chi connectivity index (χ1n) is 7.29. The maximum atomic E-state index is 11.8. The Balaban J connectivity index is 1.73. The number of ether oxygens (including phenoxy) is 1. The van der Waals surface area contributed by atoms with Crippen molar-refractivity contribution in [2.75, 3.05) is 0 Å². The van der Waals surface area contributed by atoms with E-state index in [9.17, 15) is 9.59 Å². The molecule has 2 atom stereocenters. The highest BCUT2D eigenvalue weighted by Crippen LogP contribution is 2.22. The molecule has 1 fully saturated rings. The smallest absolute Gasteiger partial charge is 0.335 e. The molecule has 21 heavy (non-hydrogen) atoms. The molecule has 2 rings (SSSR count). The van der Waals surface area contributed by atoms with Crippen molar-refractivity contribution in [2.45, 2.75) is 51.4 Å². The zero-order valence-corrected chi connectivity index (χ0v) is 12.2. The lowest BCUT2D eigenvalue weighted by molar-refractivity contribution is -0.122. The van der Waals surface area contributed by atoms with Crippen LogP contribution < -0.4 is 5.32 Å². The molecule has 0 aromatic heterocycles. The van der Waals surface area contributed by atoms with Crippen LogP contribution in [0.3, 0.4) is 0 Å². The van der Waals surface area contributed by atoms with Gasteiger partial charge in [-0.25, -0.2) is 4.79 Å². The fourth-order valence-corrected chi connectivity index (χ4v) is 2.49. The third-order valence-electron chi connectivity index (χ3n) is 3.68. The Hall–Kier alpha value is -1.88. The molecule has 0 spiro atoms. The number of nitrogens with one attached hydrogen (secondary N) is 1. The minimum absolute atomic E-state index is 0.0288. The minimum atomic E-state index is -0.962. The summed E-state index contributed by atoms with van der Waals surface area (Å²) >= 11 is 0. The minimum Gasteiger partial charge on any atom is -0.478 e. The molecule has 0 aliphatic carbocycles. The normalized spacial score (nSPS) is 21.2. The maximum Gasteiger partial charge on any atom is 0.335 e. The number of rotatable bonds is 6. The third-order valence-corrected chi connectivity index (χ3v) is 3.68. The molecule has 5 heteroatoms. The number of carbonyl (C=O) groups is 2. The van der Waals surface area contributed by atoms with Crippen LogP contribution in [-0.2, 0) is 16.1 Å². The van der Waals surface area contributed by atoms with Crippen LogP contribution in [0, 0.1) is 0 Å². The van der Waals surface area contributed by atoms with Gasteiger partial charge in [-0.05, 0) is 43.9 Å². The van der Waals surface area contributed by atoms with Gasteiger partial charge in [0.25, 0.3) is 0 Å². The Kier molecular flexibility index (Phi) is 5.33. The molecule has 0 unspecified atom stereocenters. The van der Waals surface area contributed by atoms with E-state index >= 15 is 0 Å². The lowest BCUT2D eigenvalue weighted by Gasteiger charge is -2.11. The molecule has 0 radical (unpaired) electrons. The average molecular weight is 291 g/mol. The predicted molar refractivity (Wildman–Crippen MR) is 78.1 cm³/mol. The molecule has 1 aromatic carbocycles. The fraction of sp³-hybridized carbons (Fsp3) is 0.500. The van der Waals surface area contributed by atoms with Gasteiger partial charge in [0.15, 0.2) is 0 Å². The van der Waals surface area contributed by atoms with Crippen molar-refractivity contribution in [2.24, 2.45) is 0 Å². The summed E-state index contributed by atoms with van der Waals surface area (Å²) in [6, 6.07) is 6.59. The van der Waals surface area contributed by atoms with Gasteiger partial charge in [-0.2, -0.15) is 0 Å². The molecule has 0 bridgehead atoms. The standard InChI is InChI=1S/C16H21NO4/c1-11-5-6-14(21-11)7-8-15(18)17-10-12-3-2-4-13(9-12)16(19)20/h2-4,9,11,14H,5-8,10H2,1H3,(H,17,18)(H,19,20)/t11-,14-/m1/s1. The van der Waals surface area contributed by atoms with Gasteiger partial charge in [0.1, 0.15) is 0 Å². The van der Waals surface area contributed by atoms with Gasteiger partial charge in [-0.3, -0.25) is 4.79 Å². The van der Waals surface area contributed by atoms with Gasteiger partial charge < -0.3 is 15.2 Å². The van der Waals surface area contributed by atoms with E-state index in [4.69, 9.17) is 9.84 Å². The van der Waals surface area contributed by atoms with E-state index in [1.807, 2.05) is 0 Å². The van der Waals surface area contributed by atoms with Crippen LogP contribution >= 0.6 is 0 Å². The largest absolute Gasteiger partial charge is 0.478 e. The molecule has 1 heterocycles. The molecule has 5 nitrogen and oxygen atoms in total. The van der Waals surface area contributed by atoms with Crippen LogP contribution in [-0.4, -0.2) is 29.2 Å². The molecule has 0 saturated carbocycles. The summed E-state index contributed by atoms with van der Waals surface area (Å²) in [5.74, 6) is -0.991. The molecule has 114 valence electrons. The van der Waals surface area contributed by atoms with Gasteiger partial charge >= 0.3 is 5.97 Å². The number of hydrogen-bond donors (Lipinski definition) is 2. The Morgan fingerprint density at radius 1 is 1.38 bits per heavy atom. The lowest BCUT2D eigenvalue weighted by atomic mass is 10.1. The van der Waals surface area contributed by atoms with E-state index in [2.05, 4.69) is 12.2 Å². The van der Waals surface area contributed by atoms with E-state index in [0.29, 0.717) is 19.1 Å². The molecule has 1 amide bonds. The SMILES string of the molecule is C[C@@H]1CC[C@H](CCC(=O)NCc2cccc(C(=O)O)c2)O1. The van der Waals surface area contributed by atoms with Gasteiger partial charge in [-0.15, -0.1) is 0 Å².